The Balaban J connectivity index is 1.94. The first-order valence-electron chi connectivity index (χ1n) is 8.38. The van der Waals surface area contributed by atoms with Crippen molar-refractivity contribution < 1.29 is 14.3 Å². The number of H-pyrrole nitrogens is 1. The summed E-state index contributed by atoms with van der Waals surface area (Å²) < 4.78 is 10.4. The average Bonchev–Trinajstić information content (AvgIpc) is 2.66. The van der Waals surface area contributed by atoms with Crippen LogP contribution in [0.25, 0.3) is 0 Å². The van der Waals surface area contributed by atoms with Crippen LogP contribution in [0.3, 0.4) is 0 Å². The molecule has 1 aromatic heterocycles. The molecule has 0 radical (unpaired) electrons. The molecular weight excluding hydrogens is 386 g/mol. The average molecular weight is 410 g/mol. The summed E-state index contributed by atoms with van der Waals surface area (Å²) in [5.41, 5.74) is 1.12. The molecule has 2 N–H and O–H groups in total. The fraction of sp³-hybridized carbons (Fsp3) is 0.389. The molecule has 0 aliphatic carbocycles. The van der Waals surface area contributed by atoms with Crippen LogP contribution in [-0.4, -0.2) is 41.6 Å². The van der Waals surface area contributed by atoms with Crippen LogP contribution in [0.4, 0.5) is 5.69 Å². The lowest BCUT2D eigenvalue weighted by Crippen LogP contribution is -2.16. The van der Waals surface area contributed by atoms with Crippen molar-refractivity contribution in [1.82, 2.24) is 9.97 Å². The monoisotopic (exact) mass is 409 g/mol. The minimum Gasteiger partial charge on any atom is -0.493 e. The molecule has 0 saturated heterocycles. The topological polar surface area (TPSA) is 93.3 Å². The molecule has 0 unspecified atom stereocenters. The summed E-state index contributed by atoms with van der Waals surface area (Å²) in [6, 6.07) is 6.64. The van der Waals surface area contributed by atoms with Crippen molar-refractivity contribution >= 4 is 35.1 Å². The maximum absolute atomic E-state index is 12.2. The van der Waals surface area contributed by atoms with E-state index in [0.717, 1.165) is 17.9 Å². The Morgan fingerprint density at radius 2 is 2.00 bits per heavy atom. The van der Waals surface area contributed by atoms with E-state index in [2.05, 4.69) is 22.2 Å². The second-order valence-electron chi connectivity index (χ2n) is 5.50. The standard InChI is InChI=1S/C18H23N3O4S2/c1-4-7-26-10-13-9-16(22)21-18(20-13)27-11-17(23)19-12-5-6-14(24-2)15(8-12)25-3/h5-6,8-9H,4,7,10-11H2,1-3H3,(H,19,23)(H,20,21,22). The maximum Gasteiger partial charge on any atom is 0.251 e. The summed E-state index contributed by atoms with van der Waals surface area (Å²) in [7, 11) is 3.09. The molecule has 0 atom stereocenters. The molecule has 9 heteroatoms. The molecule has 1 aromatic carbocycles. The minimum absolute atomic E-state index is 0.128. The van der Waals surface area contributed by atoms with Gasteiger partial charge in [0.2, 0.25) is 5.91 Å². The summed E-state index contributed by atoms with van der Waals surface area (Å²) in [6.45, 7) is 2.11. The highest BCUT2D eigenvalue weighted by Crippen LogP contribution is 2.29. The Labute approximate surface area is 166 Å². The molecule has 1 heterocycles. The van der Waals surface area contributed by atoms with Crippen molar-refractivity contribution in [3.05, 3.63) is 40.3 Å². The maximum atomic E-state index is 12.2. The van der Waals surface area contributed by atoms with Crippen LogP contribution in [0.2, 0.25) is 0 Å². The van der Waals surface area contributed by atoms with Gasteiger partial charge in [0.25, 0.3) is 5.56 Å². The van der Waals surface area contributed by atoms with Crippen molar-refractivity contribution in [3.63, 3.8) is 0 Å². The van der Waals surface area contributed by atoms with E-state index in [1.165, 1.54) is 24.9 Å². The number of anilines is 1. The van der Waals surface area contributed by atoms with Gasteiger partial charge in [0.05, 0.1) is 25.7 Å². The van der Waals surface area contributed by atoms with Gasteiger partial charge in [-0.25, -0.2) is 4.98 Å². The minimum atomic E-state index is -0.208. The summed E-state index contributed by atoms with van der Waals surface area (Å²) in [5, 5.41) is 3.23. The molecule has 27 heavy (non-hydrogen) atoms. The molecule has 1 amide bonds. The van der Waals surface area contributed by atoms with Gasteiger partial charge in [-0.05, 0) is 24.3 Å². The first-order chi connectivity index (χ1) is 13.0. The molecule has 0 spiro atoms. The van der Waals surface area contributed by atoms with Gasteiger partial charge in [-0.1, -0.05) is 18.7 Å². The summed E-state index contributed by atoms with van der Waals surface area (Å²) >= 11 is 2.92. The van der Waals surface area contributed by atoms with Gasteiger partial charge < -0.3 is 19.8 Å². The molecule has 0 saturated carbocycles. The number of hydrogen-bond acceptors (Lipinski definition) is 7. The van der Waals surface area contributed by atoms with E-state index < -0.39 is 0 Å². The highest BCUT2D eigenvalue weighted by Gasteiger charge is 2.09. The number of rotatable bonds is 10. The van der Waals surface area contributed by atoms with Gasteiger partial charge in [0, 0.05) is 23.6 Å². The number of benzene rings is 1. The largest absolute Gasteiger partial charge is 0.493 e. The van der Waals surface area contributed by atoms with E-state index in [1.807, 2.05) is 0 Å². The van der Waals surface area contributed by atoms with E-state index in [-0.39, 0.29) is 17.2 Å². The quantitative estimate of drug-likeness (QED) is 0.354. The van der Waals surface area contributed by atoms with Crippen LogP contribution in [0.15, 0.2) is 34.2 Å². The highest BCUT2D eigenvalue weighted by atomic mass is 32.2. The third kappa shape index (κ3) is 6.84. The van der Waals surface area contributed by atoms with Gasteiger partial charge in [0.1, 0.15) is 0 Å². The fourth-order valence-electron chi connectivity index (χ4n) is 2.19. The van der Waals surface area contributed by atoms with Gasteiger partial charge in [-0.3, -0.25) is 9.59 Å². The number of ether oxygens (including phenoxy) is 2. The van der Waals surface area contributed by atoms with E-state index in [0.29, 0.717) is 28.1 Å². The van der Waals surface area contributed by atoms with Crippen LogP contribution in [-0.2, 0) is 10.5 Å². The number of nitrogens with zero attached hydrogens (tertiary/aromatic N) is 1. The number of aromatic amines is 1. The summed E-state index contributed by atoms with van der Waals surface area (Å²) in [6.07, 6.45) is 1.08. The van der Waals surface area contributed by atoms with Crippen LogP contribution < -0.4 is 20.3 Å². The smallest absolute Gasteiger partial charge is 0.251 e. The number of thioether (sulfide) groups is 2. The molecule has 2 rings (SSSR count). The predicted octanol–water partition coefficient (Wildman–Crippen LogP) is 3.16. The molecule has 0 aliphatic heterocycles. The van der Waals surface area contributed by atoms with Crippen molar-refractivity contribution in [3.8, 4) is 11.5 Å². The van der Waals surface area contributed by atoms with Crippen LogP contribution in [0.1, 0.15) is 19.0 Å². The van der Waals surface area contributed by atoms with E-state index in [9.17, 15) is 9.59 Å². The van der Waals surface area contributed by atoms with E-state index >= 15 is 0 Å². The first kappa shape index (κ1) is 21.2. The van der Waals surface area contributed by atoms with Gasteiger partial charge >= 0.3 is 0 Å². The zero-order chi connectivity index (χ0) is 19.6. The molecule has 0 fully saturated rings. The summed E-state index contributed by atoms with van der Waals surface area (Å²) in [5.74, 6) is 2.74. The first-order valence-corrected chi connectivity index (χ1v) is 10.5. The SMILES string of the molecule is CCCSCc1cc(=O)[nH]c(SCC(=O)Nc2ccc(OC)c(OC)c2)n1. The molecule has 0 aliphatic rings. The number of methoxy groups -OCH3 is 2. The lowest BCUT2D eigenvalue weighted by molar-refractivity contribution is -0.113. The fourth-order valence-corrected chi connectivity index (χ4v) is 3.68. The van der Waals surface area contributed by atoms with Crippen LogP contribution >= 0.6 is 23.5 Å². The normalized spacial score (nSPS) is 10.5. The van der Waals surface area contributed by atoms with Gasteiger partial charge in [0.15, 0.2) is 16.7 Å². The third-order valence-electron chi connectivity index (χ3n) is 3.38. The van der Waals surface area contributed by atoms with Crippen molar-refractivity contribution in [2.24, 2.45) is 0 Å². The van der Waals surface area contributed by atoms with Crippen molar-refractivity contribution in [2.75, 3.05) is 31.0 Å². The van der Waals surface area contributed by atoms with Crippen LogP contribution in [0, 0.1) is 0 Å². The van der Waals surface area contributed by atoms with E-state index in [1.54, 1.807) is 37.1 Å². The third-order valence-corrected chi connectivity index (χ3v) is 5.45. The lowest BCUT2D eigenvalue weighted by atomic mass is 10.2. The zero-order valence-electron chi connectivity index (χ0n) is 15.5. The van der Waals surface area contributed by atoms with Crippen LogP contribution in [0.5, 0.6) is 11.5 Å². The Hall–Kier alpha value is -2.13. The van der Waals surface area contributed by atoms with E-state index in [4.69, 9.17) is 9.47 Å². The van der Waals surface area contributed by atoms with Gasteiger partial charge in [-0.15, -0.1) is 0 Å². The molecule has 0 bridgehead atoms. The molecule has 146 valence electrons. The second kappa shape index (κ2) is 10.9. The van der Waals surface area contributed by atoms with Gasteiger partial charge in [-0.2, -0.15) is 11.8 Å². The number of amides is 1. The predicted molar refractivity (Wildman–Crippen MR) is 110 cm³/mol. The summed E-state index contributed by atoms with van der Waals surface area (Å²) in [4.78, 5) is 31.0. The Kier molecular flexibility index (Phi) is 8.53. The Morgan fingerprint density at radius 3 is 2.70 bits per heavy atom. The zero-order valence-corrected chi connectivity index (χ0v) is 17.2. The lowest BCUT2D eigenvalue weighted by Gasteiger charge is -2.10. The number of aromatic nitrogens is 2. The molecular formula is C18H23N3O4S2. The Morgan fingerprint density at radius 1 is 1.22 bits per heavy atom. The van der Waals surface area contributed by atoms with Crippen molar-refractivity contribution in [2.45, 2.75) is 24.3 Å². The highest BCUT2D eigenvalue weighted by molar-refractivity contribution is 7.99. The second-order valence-corrected chi connectivity index (χ2v) is 7.57. The Bertz CT molecular complexity index is 826. The number of carbonyl (C=O) groups is 1. The molecule has 2 aromatic rings. The van der Waals surface area contributed by atoms with Crippen molar-refractivity contribution in [1.29, 1.82) is 0 Å². The number of hydrogen-bond donors (Lipinski definition) is 2. The number of nitrogens with one attached hydrogen (secondary N) is 2. The molecule has 7 nitrogen and oxygen atoms in total. The number of carbonyl (C=O) groups excluding carboxylic acids is 1.